The number of benzene rings is 2. The van der Waals surface area contributed by atoms with Crippen molar-refractivity contribution in [3.05, 3.63) is 58.1 Å². The van der Waals surface area contributed by atoms with Gasteiger partial charge in [-0.1, -0.05) is 41.9 Å². The van der Waals surface area contributed by atoms with E-state index in [2.05, 4.69) is 5.32 Å². The zero-order valence-corrected chi connectivity index (χ0v) is 25.5. The Morgan fingerprint density at radius 1 is 1.02 bits per heavy atom. The number of esters is 1. The summed E-state index contributed by atoms with van der Waals surface area (Å²) in [5, 5.41) is 3.12. The maximum atomic E-state index is 13.8. The first-order chi connectivity index (χ1) is 19.6. The van der Waals surface area contributed by atoms with Crippen LogP contribution in [0.1, 0.15) is 88.0 Å². The van der Waals surface area contributed by atoms with Crippen LogP contribution in [0.25, 0.3) is 0 Å². The van der Waals surface area contributed by atoms with Gasteiger partial charge in [0, 0.05) is 12.1 Å². The van der Waals surface area contributed by atoms with Gasteiger partial charge in [-0.3, -0.25) is 4.79 Å². The summed E-state index contributed by atoms with van der Waals surface area (Å²) in [6.07, 6.45) is 0.801. The minimum Gasteiger partial charge on any atom is -0.493 e. The molecule has 0 unspecified atom stereocenters. The Morgan fingerprint density at radius 3 is 2.24 bits per heavy atom. The van der Waals surface area contributed by atoms with Crippen LogP contribution in [0.3, 0.4) is 0 Å². The van der Waals surface area contributed by atoms with Crippen LogP contribution < -0.4 is 14.8 Å². The lowest BCUT2D eigenvalue weighted by molar-refractivity contribution is -0.146. The molecule has 1 aliphatic carbocycles. The average Bonchev–Trinajstić information content (AvgIpc) is 3.73. The van der Waals surface area contributed by atoms with Gasteiger partial charge in [0.25, 0.3) is 0 Å². The van der Waals surface area contributed by atoms with Crippen LogP contribution in [0.2, 0.25) is 5.02 Å². The van der Waals surface area contributed by atoms with Gasteiger partial charge in [0.05, 0.1) is 43.6 Å². The Kier molecular flexibility index (Phi) is 11.4. The number of hydrogen-bond donors (Lipinski definition) is 1. The molecule has 0 saturated heterocycles. The first-order valence-electron chi connectivity index (χ1n) is 14.2. The number of carbonyl (C=O) groups is 3. The maximum Gasteiger partial charge on any atom is 0.331 e. The van der Waals surface area contributed by atoms with E-state index in [1.807, 2.05) is 51.1 Å². The zero-order valence-electron chi connectivity index (χ0n) is 24.8. The van der Waals surface area contributed by atoms with Crippen LogP contribution in [0.15, 0.2) is 36.4 Å². The van der Waals surface area contributed by atoms with Crippen LogP contribution in [-0.2, 0) is 14.3 Å². The summed E-state index contributed by atoms with van der Waals surface area (Å²) in [7, 11) is 0. The summed E-state index contributed by atoms with van der Waals surface area (Å²) in [5.74, 6) is -0.153. The molecule has 1 aliphatic rings. The van der Waals surface area contributed by atoms with Crippen LogP contribution >= 0.6 is 11.6 Å². The lowest BCUT2D eigenvalue weighted by atomic mass is 10.00. The number of amides is 2. The number of hydrogen-bond acceptors (Lipinski definition) is 7. The Balaban J connectivity index is 1.96. The van der Waals surface area contributed by atoms with Crippen molar-refractivity contribution in [3.8, 4) is 11.5 Å². The standard InChI is InChI=1S/C31H41ClN2O7/c1-7-38-25-19-24(27(32)28(39-8-2)26(25)21(5)35)20(4)34(17-18-41-22(6)23-13-11-10-12-14-23)30(37)33-31(15-16-31)29(36)40-9-3/h10-14,19-20,22H,7-9,15-18H2,1-6H3,(H,33,37)/t20-,22+/m1/s1. The third-order valence-corrected chi connectivity index (χ3v) is 7.45. The van der Waals surface area contributed by atoms with Crippen molar-refractivity contribution in [1.82, 2.24) is 10.2 Å². The maximum absolute atomic E-state index is 13.8. The van der Waals surface area contributed by atoms with E-state index in [0.717, 1.165) is 5.56 Å². The normalized spacial score (nSPS) is 14.9. The number of carbonyl (C=O) groups excluding carboxylic acids is 3. The number of ketones is 1. The second-order valence-corrected chi connectivity index (χ2v) is 10.3. The van der Waals surface area contributed by atoms with E-state index in [1.54, 1.807) is 24.8 Å². The third kappa shape index (κ3) is 7.71. The van der Waals surface area contributed by atoms with E-state index in [4.69, 9.17) is 30.5 Å². The van der Waals surface area contributed by atoms with Crippen LogP contribution in [0.4, 0.5) is 4.79 Å². The summed E-state index contributed by atoms with van der Waals surface area (Å²) in [6, 6.07) is 10.4. The van der Waals surface area contributed by atoms with E-state index in [1.165, 1.54) is 6.92 Å². The molecule has 0 heterocycles. The number of rotatable bonds is 15. The molecule has 41 heavy (non-hydrogen) atoms. The molecular weight excluding hydrogens is 548 g/mol. The lowest BCUT2D eigenvalue weighted by Gasteiger charge is -2.33. The van der Waals surface area contributed by atoms with Crippen LogP contribution in [0, 0.1) is 0 Å². The average molecular weight is 589 g/mol. The summed E-state index contributed by atoms with van der Waals surface area (Å²) < 4.78 is 22.9. The third-order valence-electron chi connectivity index (χ3n) is 7.06. The SMILES string of the molecule is CCOC(=O)C1(NC(=O)N(CCO[C@@H](C)c2ccccc2)[C@H](C)c2cc(OCC)c(C(C)=O)c(OCC)c2Cl)CC1. The van der Waals surface area contributed by atoms with Crippen molar-refractivity contribution in [2.75, 3.05) is 33.0 Å². The minimum atomic E-state index is -1.04. The molecule has 10 heteroatoms. The van der Waals surface area contributed by atoms with E-state index in [9.17, 15) is 14.4 Å². The fourth-order valence-corrected chi connectivity index (χ4v) is 5.02. The number of Topliss-reactive ketones (excluding diaryl/α,β-unsaturated/α-hetero) is 1. The van der Waals surface area contributed by atoms with Crippen molar-refractivity contribution >= 4 is 29.4 Å². The van der Waals surface area contributed by atoms with Gasteiger partial charge < -0.3 is 29.2 Å². The van der Waals surface area contributed by atoms with Gasteiger partial charge in [-0.2, -0.15) is 0 Å². The topological polar surface area (TPSA) is 103 Å². The predicted molar refractivity (Wildman–Crippen MR) is 157 cm³/mol. The minimum absolute atomic E-state index is 0.196. The van der Waals surface area contributed by atoms with Gasteiger partial charge in [0.2, 0.25) is 0 Å². The first-order valence-corrected chi connectivity index (χ1v) is 14.5. The molecule has 1 saturated carbocycles. The van der Waals surface area contributed by atoms with Crippen molar-refractivity contribution in [1.29, 1.82) is 0 Å². The molecule has 0 aliphatic heterocycles. The summed E-state index contributed by atoms with van der Waals surface area (Å²) in [6.45, 7) is 11.8. The Hall–Kier alpha value is -3.30. The quantitative estimate of drug-likeness (QED) is 0.193. The molecule has 3 rings (SSSR count). The van der Waals surface area contributed by atoms with E-state index in [0.29, 0.717) is 30.8 Å². The molecule has 0 bridgehead atoms. The summed E-state index contributed by atoms with van der Waals surface area (Å²) >= 11 is 6.86. The van der Waals surface area contributed by atoms with E-state index < -0.39 is 23.6 Å². The number of halogens is 1. The Labute approximate surface area is 247 Å². The van der Waals surface area contributed by atoms with E-state index >= 15 is 0 Å². The monoisotopic (exact) mass is 588 g/mol. The molecule has 1 fully saturated rings. The van der Waals surface area contributed by atoms with E-state index in [-0.39, 0.29) is 54.6 Å². The first kappa shape index (κ1) is 32.2. The lowest BCUT2D eigenvalue weighted by Crippen LogP contribution is -2.51. The predicted octanol–water partition coefficient (Wildman–Crippen LogP) is 6.29. The van der Waals surface area contributed by atoms with Gasteiger partial charge >= 0.3 is 12.0 Å². The highest BCUT2D eigenvalue weighted by Crippen LogP contribution is 2.43. The summed E-state index contributed by atoms with van der Waals surface area (Å²) in [5.41, 5.74) is 0.764. The van der Waals surface area contributed by atoms with Crippen molar-refractivity contribution < 1.29 is 33.3 Å². The largest absolute Gasteiger partial charge is 0.493 e. The number of nitrogens with zero attached hydrogens (tertiary/aromatic N) is 1. The molecule has 0 spiro atoms. The Bertz CT molecular complexity index is 1220. The highest BCUT2D eigenvalue weighted by molar-refractivity contribution is 6.33. The van der Waals surface area contributed by atoms with Gasteiger partial charge in [-0.25, -0.2) is 9.59 Å². The van der Waals surface area contributed by atoms with Crippen molar-refractivity contribution in [2.24, 2.45) is 0 Å². The number of ether oxygens (including phenoxy) is 4. The molecule has 9 nitrogen and oxygen atoms in total. The molecule has 1 N–H and O–H groups in total. The van der Waals surface area contributed by atoms with Gasteiger partial charge in [0.15, 0.2) is 11.5 Å². The summed E-state index contributed by atoms with van der Waals surface area (Å²) in [4.78, 5) is 40.5. The van der Waals surface area contributed by atoms with Crippen LogP contribution in [0.5, 0.6) is 11.5 Å². The fraction of sp³-hybridized carbons (Fsp3) is 0.516. The molecule has 2 amide bonds. The molecule has 2 aromatic carbocycles. The second kappa shape index (κ2) is 14.5. The molecule has 0 radical (unpaired) electrons. The van der Waals surface area contributed by atoms with Gasteiger partial charge in [-0.15, -0.1) is 0 Å². The number of nitrogens with one attached hydrogen (secondary N) is 1. The Morgan fingerprint density at radius 2 is 1.68 bits per heavy atom. The molecular formula is C31H41ClN2O7. The highest BCUT2D eigenvalue weighted by Gasteiger charge is 2.53. The molecule has 2 aromatic rings. The van der Waals surface area contributed by atoms with Gasteiger partial charge in [-0.05, 0) is 66.0 Å². The highest BCUT2D eigenvalue weighted by atomic mass is 35.5. The number of urea groups is 1. The van der Waals surface area contributed by atoms with Gasteiger partial charge in [0.1, 0.15) is 16.9 Å². The molecule has 2 atom stereocenters. The second-order valence-electron chi connectivity index (χ2n) is 9.93. The molecule has 0 aromatic heterocycles. The molecule has 224 valence electrons. The fourth-order valence-electron chi connectivity index (χ4n) is 4.65. The zero-order chi connectivity index (χ0) is 30.2. The van der Waals surface area contributed by atoms with Crippen LogP contribution in [-0.4, -0.2) is 61.2 Å². The van der Waals surface area contributed by atoms with Crippen molar-refractivity contribution in [3.63, 3.8) is 0 Å². The smallest absolute Gasteiger partial charge is 0.331 e. The van der Waals surface area contributed by atoms with Crippen molar-refractivity contribution in [2.45, 2.75) is 72.1 Å².